The molecule has 0 saturated heterocycles. The zero-order chi connectivity index (χ0) is 17.4. The van der Waals surface area contributed by atoms with Crippen LogP contribution in [0.4, 0.5) is 14.6 Å². The van der Waals surface area contributed by atoms with Crippen LogP contribution in [0.15, 0.2) is 18.2 Å². The van der Waals surface area contributed by atoms with E-state index in [2.05, 4.69) is 5.10 Å². The maximum Gasteiger partial charge on any atom is 0.344 e. The Hall–Kier alpha value is -2.77. The fraction of sp³-hybridized carbons (Fsp3) is 0.312. The smallest absolute Gasteiger partial charge is 0.344 e. The van der Waals surface area contributed by atoms with Crippen molar-refractivity contribution in [1.29, 1.82) is 0 Å². The molecular formula is C16H15F2N3O3. The lowest BCUT2D eigenvalue weighted by Gasteiger charge is -2.06. The summed E-state index contributed by atoms with van der Waals surface area (Å²) < 4.78 is 33.2. The average Bonchev–Trinajstić information content (AvgIpc) is 3.33. The molecule has 1 aliphatic carbocycles. The Morgan fingerprint density at radius 1 is 1.38 bits per heavy atom. The summed E-state index contributed by atoms with van der Waals surface area (Å²) in [6.07, 6.45) is 1.88. The summed E-state index contributed by atoms with van der Waals surface area (Å²) >= 11 is 0. The topological polar surface area (TPSA) is 87.2 Å². The molecule has 0 unspecified atom stereocenters. The Morgan fingerprint density at radius 2 is 2.08 bits per heavy atom. The minimum Gasteiger partial charge on any atom is -0.454 e. The number of ether oxygens (including phenoxy) is 1. The van der Waals surface area contributed by atoms with Crippen molar-refractivity contribution in [3.8, 4) is 0 Å². The van der Waals surface area contributed by atoms with Crippen LogP contribution in [0.5, 0.6) is 0 Å². The van der Waals surface area contributed by atoms with Gasteiger partial charge in [0, 0.05) is 0 Å². The zero-order valence-electron chi connectivity index (χ0n) is 12.9. The third-order valence-corrected chi connectivity index (χ3v) is 3.81. The summed E-state index contributed by atoms with van der Waals surface area (Å²) in [5, 5.41) is 4.20. The van der Waals surface area contributed by atoms with Gasteiger partial charge in [-0.25, -0.2) is 18.3 Å². The van der Waals surface area contributed by atoms with Gasteiger partial charge >= 0.3 is 5.97 Å². The molecule has 1 aromatic heterocycles. The van der Waals surface area contributed by atoms with Gasteiger partial charge in [0.2, 0.25) is 5.78 Å². The van der Waals surface area contributed by atoms with E-state index in [-0.39, 0.29) is 17.4 Å². The van der Waals surface area contributed by atoms with E-state index < -0.39 is 35.6 Å². The second kappa shape index (κ2) is 6.03. The molecule has 1 aromatic carbocycles. The number of hydrogen-bond acceptors (Lipinski definition) is 5. The molecule has 6 nitrogen and oxygen atoms in total. The Bertz CT molecular complexity index is 828. The fourth-order valence-electron chi connectivity index (χ4n) is 2.42. The number of benzene rings is 1. The highest BCUT2D eigenvalue weighted by atomic mass is 19.2. The molecule has 1 saturated carbocycles. The maximum atomic E-state index is 13.6. The number of carbonyl (C=O) groups excluding carboxylic acids is 2. The lowest BCUT2D eigenvalue weighted by molar-refractivity contribution is 0.0473. The number of esters is 1. The average molecular weight is 335 g/mol. The minimum atomic E-state index is -1.27. The van der Waals surface area contributed by atoms with Crippen LogP contribution in [0.3, 0.4) is 0 Å². The number of rotatable bonds is 5. The highest BCUT2D eigenvalue weighted by Gasteiger charge is 2.31. The first kappa shape index (κ1) is 16.1. The number of carbonyl (C=O) groups is 2. The minimum absolute atomic E-state index is 0.0921. The van der Waals surface area contributed by atoms with Gasteiger partial charge in [0.15, 0.2) is 18.2 Å². The highest BCUT2D eigenvalue weighted by molar-refractivity contribution is 6.01. The standard InChI is InChI=1S/C16H15F2N3O3/c1-8-13(15(19)21(20-8)9-5-6-9)16(23)24-7-12(22)10-3-2-4-11(17)14(10)18/h2-4,9H,5-7,19H2,1H3. The van der Waals surface area contributed by atoms with Gasteiger partial charge < -0.3 is 10.5 Å². The third kappa shape index (κ3) is 2.86. The predicted octanol–water partition coefficient (Wildman–Crippen LogP) is 2.43. The zero-order valence-corrected chi connectivity index (χ0v) is 12.9. The van der Waals surface area contributed by atoms with Crippen LogP contribution >= 0.6 is 0 Å². The molecule has 24 heavy (non-hydrogen) atoms. The van der Waals surface area contributed by atoms with E-state index in [1.165, 1.54) is 6.07 Å². The first-order valence-electron chi connectivity index (χ1n) is 7.39. The number of Topliss-reactive ketones (excluding diaryl/α,β-unsaturated/α-hetero) is 1. The number of nitrogens with zero attached hydrogens (tertiary/aromatic N) is 2. The van der Waals surface area contributed by atoms with Crippen molar-refractivity contribution in [2.75, 3.05) is 12.3 Å². The summed E-state index contributed by atoms with van der Waals surface area (Å²) in [4.78, 5) is 24.1. The van der Waals surface area contributed by atoms with E-state index in [0.717, 1.165) is 25.0 Å². The second-order valence-electron chi connectivity index (χ2n) is 5.62. The highest BCUT2D eigenvalue weighted by Crippen LogP contribution is 2.37. The molecule has 2 aromatic rings. The predicted molar refractivity (Wildman–Crippen MR) is 80.6 cm³/mol. The number of halogens is 2. The van der Waals surface area contributed by atoms with Crippen LogP contribution in [0.1, 0.15) is 45.3 Å². The second-order valence-corrected chi connectivity index (χ2v) is 5.62. The molecule has 1 fully saturated rings. The Kier molecular flexibility index (Phi) is 4.04. The van der Waals surface area contributed by atoms with Crippen molar-refractivity contribution >= 4 is 17.6 Å². The van der Waals surface area contributed by atoms with E-state index in [0.29, 0.717) is 5.69 Å². The summed E-state index contributed by atoms with van der Waals surface area (Å²) in [5.41, 5.74) is 5.93. The number of hydrogen-bond donors (Lipinski definition) is 1. The van der Waals surface area contributed by atoms with Crippen molar-refractivity contribution in [1.82, 2.24) is 9.78 Å². The number of nitrogens with two attached hydrogens (primary N) is 1. The Morgan fingerprint density at radius 3 is 2.75 bits per heavy atom. The Balaban J connectivity index is 1.72. The van der Waals surface area contributed by atoms with Crippen LogP contribution in [0, 0.1) is 18.6 Å². The fourth-order valence-corrected chi connectivity index (χ4v) is 2.42. The molecular weight excluding hydrogens is 320 g/mol. The molecule has 8 heteroatoms. The molecule has 0 amide bonds. The molecule has 0 atom stereocenters. The van der Waals surface area contributed by atoms with Crippen LogP contribution in [-0.2, 0) is 4.74 Å². The van der Waals surface area contributed by atoms with Crippen molar-refractivity contribution in [2.45, 2.75) is 25.8 Å². The van der Waals surface area contributed by atoms with Gasteiger partial charge in [-0.1, -0.05) is 6.07 Å². The van der Waals surface area contributed by atoms with Gasteiger partial charge in [0.1, 0.15) is 11.4 Å². The van der Waals surface area contributed by atoms with E-state index in [1.54, 1.807) is 11.6 Å². The van der Waals surface area contributed by atoms with Gasteiger partial charge in [0.05, 0.1) is 17.3 Å². The first-order valence-corrected chi connectivity index (χ1v) is 7.39. The number of aryl methyl sites for hydroxylation is 1. The molecule has 1 aliphatic rings. The number of aromatic nitrogens is 2. The molecule has 126 valence electrons. The number of anilines is 1. The van der Waals surface area contributed by atoms with E-state index in [1.807, 2.05) is 0 Å². The molecule has 2 N–H and O–H groups in total. The molecule has 0 aliphatic heterocycles. The van der Waals surface area contributed by atoms with Gasteiger partial charge in [-0.3, -0.25) is 4.79 Å². The van der Waals surface area contributed by atoms with Crippen LogP contribution < -0.4 is 5.73 Å². The summed E-state index contributed by atoms with van der Waals surface area (Å²) in [5.74, 6) is -3.88. The molecule has 1 heterocycles. The van der Waals surface area contributed by atoms with Crippen LogP contribution in [0.2, 0.25) is 0 Å². The lowest BCUT2D eigenvalue weighted by atomic mass is 10.1. The maximum absolute atomic E-state index is 13.6. The van der Waals surface area contributed by atoms with Gasteiger partial charge in [-0.05, 0) is 31.9 Å². The monoisotopic (exact) mass is 335 g/mol. The van der Waals surface area contributed by atoms with Gasteiger partial charge in [-0.15, -0.1) is 0 Å². The molecule has 0 spiro atoms. The van der Waals surface area contributed by atoms with Crippen molar-refractivity contribution in [2.24, 2.45) is 0 Å². The van der Waals surface area contributed by atoms with Crippen LogP contribution in [0.25, 0.3) is 0 Å². The largest absolute Gasteiger partial charge is 0.454 e. The first-order chi connectivity index (χ1) is 11.4. The van der Waals surface area contributed by atoms with Gasteiger partial charge in [-0.2, -0.15) is 5.10 Å². The number of ketones is 1. The van der Waals surface area contributed by atoms with E-state index in [4.69, 9.17) is 10.5 Å². The van der Waals surface area contributed by atoms with Gasteiger partial charge in [0.25, 0.3) is 0 Å². The number of nitrogen functional groups attached to an aromatic ring is 1. The van der Waals surface area contributed by atoms with E-state index >= 15 is 0 Å². The SMILES string of the molecule is Cc1nn(C2CC2)c(N)c1C(=O)OCC(=O)c1cccc(F)c1F. The third-order valence-electron chi connectivity index (χ3n) is 3.81. The van der Waals surface area contributed by atoms with Crippen molar-refractivity contribution in [3.63, 3.8) is 0 Å². The summed E-state index contributed by atoms with van der Waals surface area (Å²) in [6.45, 7) is 0.895. The summed E-state index contributed by atoms with van der Waals surface area (Å²) in [6, 6.07) is 3.41. The quantitative estimate of drug-likeness (QED) is 0.670. The normalized spacial score (nSPS) is 13.8. The van der Waals surface area contributed by atoms with Crippen molar-refractivity contribution < 1.29 is 23.1 Å². The molecule has 0 radical (unpaired) electrons. The molecule has 3 rings (SSSR count). The van der Waals surface area contributed by atoms with Crippen LogP contribution in [-0.4, -0.2) is 28.1 Å². The summed E-state index contributed by atoms with van der Waals surface area (Å²) in [7, 11) is 0. The molecule has 0 bridgehead atoms. The Labute approximate surface area is 136 Å². The van der Waals surface area contributed by atoms with E-state index in [9.17, 15) is 18.4 Å². The van der Waals surface area contributed by atoms with Crippen molar-refractivity contribution in [3.05, 3.63) is 46.7 Å². The lowest BCUT2D eigenvalue weighted by Crippen LogP contribution is -2.17.